The van der Waals surface area contributed by atoms with Crippen molar-refractivity contribution in [2.45, 2.75) is 32.6 Å². The van der Waals surface area contributed by atoms with Crippen molar-refractivity contribution in [3.63, 3.8) is 0 Å². The Labute approximate surface area is 123 Å². The van der Waals surface area contributed by atoms with E-state index in [4.69, 9.17) is 0 Å². The van der Waals surface area contributed by atoms with Crippen LogP contribution in [0, 0.1) is 18.8 Å². The molecule has 1 unspecified atom stereocenters. The van der Waals surface area contributed by atoms with Gasteiger partial charge in [0.2, 0.25) is 11.8 Å². The molecule has 3 rings (SSSR count). The van der Waals surface area contributed by atoms with Crippen LogP contribution in [0.2, 0.25) is 0 Å². The number of hydrogen-bond acceptors (Lipinski definition) is 3. The van der Waals surface area contributed by atoms with Crippen LogP contribution in [-0.4, -0.2) is 17.8 Å². The van der Waals surface area contributed by atoms with Gasteiger partial charge in [-0.15, -0.1) is 0 Å². The second-order valence-electron chi connectivity index (χ2n) is 5.78. The lowest BCUT2D eigenvalue weighted by Crippen LogP contribution is -2.59. The highest BCUT2D eigenvalue weighted by Crippen LogP contribution is 2.35. The van der Waals surface area contributed by atoms with Gasteiger partial charge in [0.25, 0.3) is 0 Å². The van der Waals surface area contributed by atoms with Crippen molar-refractivity contribution in [3.05, 3.63) is 29.8 Å². The van der Waals surface area contributed by atoms with Gasteiger partial charge in [0.05, 0.1) is 5.69 Å². The molecule has 5 nitrogen and oxygen atoms in total. The van der Waals surface area contributed by atoms with E-state index >= 15 is 0 Å². The van der Waals surface area contributed by atoms with Gasteiger partial charge >= 0.3 is 6.03 Å². The zero-order valence-electron chi connectivity index (χ0n) is 12.0. The smallest absolute Gasteiger partial charge is 0.277 e. The lowest BCUT2D eigenvalue weighted by atomic mass is 9.87. The normalized spacial score (nSPS) is 23.6. The molecule has 1 saturated heterocycles. The molecule has 1 saturated carbocycles. The lowest BCUT2D eigenvalue weighted by molar-refractivity contribution is -0.136. The summed E-state index contributed by atoms with van der Waals surface area (Å²) < 4.78 is 0. The van der Waals surface area contributed by atoms with E-state index in [2.05, 4.69) is 5.32 Å². The van der Waals surface area contributed by atoms with Gasteiger partial charge in [0.15, 0.2) is 0 Å². The molecular formula is C16H18N2O3. The fourth-order valence-corrected chi connectivity index (χ4v) is 3.34. The first-order valence-electron chi connectivity index (χ1n) is 7.34. The molecule has 0 spiro atoms. The highest BCUT2D eigenvalue weighted by Gasteiger charge is 2.46. The van der Waals surface area contributed by atoms with Crippen LogP contribution in [0.25, 0.3) is 0 Å². The van der Waals surface area contributed by atoms with E-state index in [1.54, 1.807) is 12.1 Å². The minimum atomic E-state index is -0.732. The van der Waals surface area contributed by atoms with Gasteiger partial charge in [-0.25, -0.2) is 9.69 Å². The average molecular weight is 286 g/mol. The number of rotatable bonds is 2. The molecule has 1 aromatic carbocycles. The van der Waals surface area contributed by atoms with E-state index in [-0.39, 0.29) is 11.8 Å². The predicted octanol–water partition coefficient (Wildman–Crippen LogP) is 2.38. The monoisotopic (exact) mass is 286 g/mol. The van der Waals surface area contributed by atoms with Gasteiger partial charge in [-0.2, -0.15) is 0 Å². The highest BCUT2D eigenvalue weighted by atomic mass is 16.2. The number of urea groups is 1. The van der Waals surface area contributed by atoms with E-state index < -0.39 is 17.9 Å². The Balaban J connectivity index is 1.96. The van der Waals surface area contributed by atoms with Gasteiger partial charge in [-0.05, 0) is 37.3 Å². The van der Waals surface area contributed by atoms with Crippen molar-refractivity contribution in [1.29, 1.82) is 0 Å². The van der Waals surface area contributed by atoms with Crippen LogP contribution in [0.4, 0.5) is 10.5 Å². The largest absolute Gasteiger partial charge is 0.335 e. The van der Waals surface area contributed by atoms with Gasteiger partial charge in [-0.3, -0.25) is 14.9 Å². The van der Waals surface area contributed by atoms with Crippen molar-refractivity contribution >= 4 is 23.5 Å². The Hall–Kier alpha value is -2.17. The number of para-hydroxylation sites is 1. The number of anilines is 1. The quantitative estimate of drug-likeness (QED) is 0.849. The summed E-state index contributed by atoms with van der Waals surface area (Å²) in [5.74, 6) is -1.51. The fraction of sp³-hybridized carbons (Fsp3) is 0.438. The number of carbonyl (C=O) groups excluding carboxylic acids is 3. The first-order chi connectivity index (χ1) is 10.1. The van der Waals surface area contributed by atoms with E-state index in [1.807, 2.05) is 19.1 Å². The summed E-state index contributed by atoms with van der Waals surface area (Å²) in [6, 6.07) is 6.56. The summed E-state index contributed by atoms with van der Waals surface area (Å²) in [7, 11) is 0. The van der Waals surface area contributed by atoms with E-state index in [9.17, 15) is 14.4 Å². The number of nitrogens with one attached hydrogen (secondary N) is 1. The lowest BCUT2D eigenvalue weighted by Gasteiger charge is -2.33. The maximum atomic E-state index is 12.7. The zero-order chi connectivity index (χ0) is 15.0. The fourth-order valence-electron chi connectivity index (χ4n) is 3.34. The third kappa shape index (κ3) is 2.33. The maximum Gasteiger partial charge on any atom is 0.335 e. The summed E-state index contributed by atoms with van der Waals surface area (Å²) in [6.45, 7) is 1.84. The topological polar surface area (TPSA) is 66.5 Å². The summed E-state index contributed by atoms with van der Waals surface area (Å²) in [4.78, 5) is 38.0. The number of hydrogen-bond donors (Lipinski definition) is 1. The average Bonchev–Trinajstić information content (AvgIpc) is 2.94. The Morgan fingerprint density at radius 1 is 1.10 bits per heavy atom. The molecule has 1 aliphatic carbocycles. The molecule has 1 heterocycles. The Morgan fingerprint density at radius 3 is 2.43 bits per heavy atom. The van der Waals surface area contributed by atoms with Crippen LogP contribution in [0.1, 0.15) is 31.2 Å². The van der Waals surface area contributed by atoms with E-state index in [1.165, 1.54) is 0 Å². The van der Waals surface area contributed by atoms with Gasteiger partial charge in [-0.1, -0.05) is 31.0 Å². The Kier molecular flexibility index (Phi) is 3.49. The standard InChI is InChI=1S/C16H18N2O3/c1-10-6-2-5-9-12(10)18-15(20)13(11-7-3-4-8-11)14(19)17-16(18)21/h2,5-6,9,11,13H,3-4,7-8H2,1H3,(H,17,19,21). The predicted molar refractivity (Wildman–Crippen MR) is 77.7 cm³/mol. The molecular weight excluding hydrogens is 268 g/mol. The molecule has 1 aliphatic heterocycles. The number of aryl methyl sites for hydroxylation is 1. The molecule has 0 bridgehead atoms. The van der Waals surface area contributed by atoms with Crippen molar-refractivity contribution in [3.8, 4) is 0 Å². The summed E-state index contributed by atoms with van der Waals surface area (Å²) >= 11 is 0. The van der Waals surface area contributed by atoms with E-state index in [0.717, 1.165) is 36.1 Å². The molecule has 5 heteroatoms. The third-order valence-corrected chi connectivity index (χ3v) is 4.43. The van der Waals surface area contributed by atoms with Gasteiger partial charge in [0.1, 0.15) is 5.92 Å². The number of benzene rings is 1. The summed E-state index contributed by atoms with van der Waals surface area (Å²) in [6.07, 6.45) is 3.83. The molecule has 2 aliphatic rings. The van der Waals surface area contributed by atoms with Crippen LogP contribution in [0.5, 0.6) is 0 Å². The van der Waals surface area contributed by atoms with Crippen molar-refractivity contribution in [2.24, 2.45) is 11.8 Å². The number of imide groups is 2. The molecule has 1 N–H and O–H groups in total. The molecule has 0 aromatic heterocycles. The Bertz CT molecular complexity index is 605. The molecule has 2 fully saturated rings. The first kappa shape index (κ1) is 13.8. The minimum Gasteiger partial charge on any atom is -0.277 e. The van der Waals surface area contributed by atoms with Crippen LogP contribution < -0.4 is 10.2 Å². The number of carbonyl (C=O) groups is 3. The molecule has 4 amide bonds. The Morgan fingerprint density at radius 2 is 1.76 bits per heavy atom. The van der Waals surface area contributed by atoms with Gasteiger partial charge < -0.3 is 0 Å². The second kappa shape index (κ2) is 5.31. The molecule has 1 aromatic rings. The van der Waals surface area contributed by atoms with Crippen molar-refractivity contribution < 1.29 is 14.4 Å². The molecule has 21 heavy (non-hydrogen) atoms. The highest BCUT2D eigenvalue weighted by molar-refractivity contribution is 6.28. The van der Waals surface area contributed by atoms with Crippen LogP contribution in [-0.2, 0) is 9.59 Å². The third-order valence-electron chi connectivity index (χ3n) is 4.43. The van der Waals surface area contributed by atoms with Crippen LogP contribution in [0.3, 0.4) is 0 Å². The number of nitrogens with zero attached hydrogens (tertiary/aromatic N) is 1. The van der Waals surface area contributed by atoms with Crippen LogP contribution >= 0.6 is 0 Å². The first-order valence-corrected chi connectivity index (χ1v) is 7.34. The number of barbiturate groups is 1. The van der Waals surface area contributed by atoms with Crippen molar-refractivity contribution in [2.75, 3.05) is 4.90 Å². The summed E-state index contributed by atoms with van der Waals surface area (Å²) in [5, 5.41) is 2.34. The van der Waals surface area contributed by atoms with Crippen molar-refractivity contribution in [1.82, 2.24) is 5.32 Å². The summed E-state index contributed by atoms with van der Waals surface area (Å²) in [5.41, 5.74) is 1.39. The van der Waals surface area contributed by atoms with Crippen LogP contribution in [0.15, 0.2) is 24.3 Å². The molecule has 110 valence electrons. The number of amides is 4. The van der Waals surface area contributed by atoms with E-state index in [0.29, 0.717) is 5.69 Å². The second-order valence-corrected chi connectivity index (χ2v) is 5.78. The SMILES string of the molecule is Cc1ccccc1N1C(=O)NC(=O)C(C2CCCC2)C1=O. The molecule has 1 atom stereocenters. The minimum absolute atomic E-state index is 0.0529. The molecule has 0 radical (unpaired) electrons. The zero-order valence-corrected chi connectivity index (χ0v) is 12.0. The maximum absolute atomic E-state index is 12.7. The van der Waals surface area contributed by atoms with Gasteiger partial charge in [0, 0.05) is 0 Å².